The Balaban J connectivity index is 0.000000236. The van der Waals surface area contributed by atoms with Gasteiger partial charge in [-0.3, -0.25) is 4.31 Å². The van der Waals surface area contributed by atoms with Gasteiger partial charge in [0.2, 0.25) is 0 Å². The van der Waals surface area contributed by atoms with Crippen LogP contribution in [0.4, 0.5) is 0 Å². The van der Waals surface area contributed by atoms with Crippen molar-refractivity contribution in [3.63, 3.8) is 0 Å². The predicted octanol–water partition coefficient (Wildman–Crippen LogP) is 2.78. The summed E-state index contributed by atoms with van der Waals surface area (Å²) in [5, 5.41) is 0. The minimum Gasteiger partial charge on any atom is -0.251 e. The first-order valence-corrected chi connectivity index (χ1v) is 5.32. The quantitative estimate of drug-likeness (QED) is 0.544. The molecule has 0 spiro atoms. The van der Waals surface area contributed by atoms with Gasteiger partial charge in [-0.25, -0.2) is 0 Å². The zero-order valence-electron chi connectivity index (χ0n) is 7.39. The molecule has 1 aliphatic rings. The summed E-state index contributed by atoms with van der Waals surface area (Å²) in [6.07, 6.45) is 6.20. The van der Waals surface area contributed by atoms with E-state index in [1.54, 1.807) is 0 Å². The van der Waals surface area contributed by atoms with E-state index < -0.39 is 0 Å². The van der Waals surface area contributed by atoms with Crippen molar-refractivity contribution in [1.82, 2.24) is 4.31 Å². The molecule has 0 saturated carbocycles. The largest absolute Gasteiger partial charge is 0.251 e. The molecular weight excluding hydrogens is 142 g/mol. The lowest BCUT2D eigenvalue weighted by Gasteiger charge is -2.06. The van der Waals surface area contributed by atoms with E-state index in [0.29, 0.717) is 0 Å². The van der Waals surface area contributed by atoms with Crippen molar-refractivity contribution in [1.29, 1.82) is 0 Å². The zero-order chi connectivity index (χ0) is 7.82. The normalized spacial score (nSPS) is 18.3. The van der Waals surface area contributed by atoms with Crippen LogP contribution in [0, 0.1) is 0 Å². The van der Waals surface area contributed by atoms with Crippen LogP contribution in [0.25, 0.3) is 0 Å². The summed E-state index contributed by atoms with van der Waals surface area (Å²) < 4.78 is 2.40. The summed E-state index contributed by atoms with van der Waals surface area (Å²) in [6, 6.07) is 0. The minimum atomic E-state index is 1.25. The molecule has 0 aliphatic carbocycles. The second-order valence-corrected chi connectivity index (χ2v) is 3.41. The number of hydrogen-bond donors (Lipinski definition) is 0. The van der Waals surface area contributed by atoms with Crippen molar-refractivity contribution in [3.05, 3.63) is 0 Å². The molecule has 62 valence electrons. The molecule has 1 fully saturated rings. The van der Waals surface area contributed by atoms with Gasteiger partial charge in [0.15, 0.2) is 0 Å². The van der Waals surface area contributed by atoms with E-state index in [-0.39, 0.29) is 0 Å². The summed E-state index contributed by atoms with van der Waals surface area (Å²) in [6.45, 7) is 6.86. The molecule has 0 aromatic heterocycles. The maximum atomic E-state index is 2.40. The van der Waals surface area contributed by atoms with Crippen molar-refractivity contribution in [2.24, 2.45) is 0 Å². The van der Waals surface area contributed by atoms with Gasteiger partial charge in [0.1, 0.15) is 0 Å². The third kappa shape index (κ3) is 5.12. The fraction of sp³-hybridized carbons (Fsp3) is 1.00. The SMILES string of the molecule is CCC.CSN1CCCC1. The van der Waals surface area contributed by atoms with Crippen LogP contribution in [-0.2, 0) is 0 Å². The Morgan fingerprint density at radius 3 is 1.80 bits per heavy atom. The van der Waals surface area contributed by atoms with Crippen LogP contribution in [0.5, 0.6) is 0 Å². The maximum Gasteiger partial charge on any atom is 0.00897 e. The van der Waals surface area contributed by atoms with Crippen LogP contribution in [0.3, 0.4) is 0 Å². The molecule has 1 aliphatic heterocycles. The summed E-state index contributed by atoms with van der Waals surface area (Å²) in [4.78, 5) is 0. The number of nitrogens with zero attached hydrogens (tertiary/aromatic N) is 1. The molecule has 1 heterocycles. The molecule has 1 rings (SSSR count). The van der Waals surface area contributed by atoms with Crippen molar-refractivity contribution in [3.8, 4) is 0 Å². The molecule has 0 aromatic rings. The standard InChI is InChI=1S/C5H11NS.C3H8/c1-7-6-4-2-3-5-6;1-3-2/h2-5H2,1H3;3H2,1-2H3. The first-order valence-electron chi connectivity index (χ1n) is 4.14. The third-order valence-corrected chi connectivity index (χ3v) is 2.20. The third-order valence-electron chi connectivity index (χ3n) is 1.32. The van der Waals surface area contributed by atoms with Crippen molar-refractivity contribution in [2.75, 3.05) is 19.3 Å². The van der Waals surface area contributed by atoms with Gasteiger partial charge in [-0.1, -0.05) is 32.2 Å². The molecule has 2 heteroatoms. The van der Waals surface area contributed by atoms with Gasteiger partial charge in [0, 0.05) is 13.1 Å². The minimum absolute atomic E-state index is 1.25. The number of rotatable bonds is 1. The highest BCUT2D eigenvalue weighted by Crippen LogP contribution is 2.14. The Bertz CT molecular complexity index is 60.3. The Kier molecular flexibility index (Phi) is 7.65. The average Bonchev–Trinajstić information content (AvgIpc) is 2.39. The Hall–Kier alpha value is 0.310. The van der Waals surface area contributed by atoms with Crippen LogP contribution >= 0.6 is 11.9 Å². The van der Waals surface area contributed by atoms with E-state index in [0.717, 1.165) is 0 Å². The second-order valence-electron chi connectivity index (χ2n) is 2.53. The summed E-state index contributed by atoms with van der Waals surface area (Å²) in [5.74, 6) is 0. The molecule has 0 bridgehead atoms. The fourth-order valence-electron chi connectivity index (χ4n) is 0.871. The van der Waals surface area contributed by atoms with Crippen molar-refractivity contribution >= 4 is 11.9 Å². The van der Waals surface area contributed by atoms with E-state index in [1.807, 2.05) is 11.9 Å². The Morgan fingerprint density at radius 2 is 1.60 bits per heavy atom. The van der Waals surface area contributed by atoms with Gasteiger partial charge < -0.3 is 0 Å². The second kappa shape index (κ2) is 7.42. The lowest BCUT2D eigenvalue weighted by molar-refractivity contribution is 0.589. The Labute approximate surface area is 69.3 Å². The molecule has 0 aromatic carbocycles. The van der Waals surface area contributed by atoms with Crippen molar-refractivity contribution < 1.29 is 0 Å². The smallest absolute Gasteiger partial charge is 0.00897 e. The van der Waals surface area contributed by atoms with Gasteiger partial charge in [0.25, 0.3) is 0 Å². The summed E-state index contributed by atoms with van der Waals surface area (Å²) >= 11 is 1.87. The van der Waals surface area contributed by atoms with E-state index in [4.69, 9.17) is 0 Å². The first kappa shape index (κ1) is 10.3. The molecule has 0 atom stereocenters. The Morgan fingerprint density at radius 1 is 1.20 bits per heavy atom. The van der Waals surface area contributed by atoms with Gasteiger partial charge in [-0.15, -0.1) is 0 Å². The van der Waals surface area contributed by atoms with Crippen LogP contribution in [-0.4, -0.2) is 23.7 Å². The highest BCUT2D eigenvalue weighted by molar-refractivity contribution is 7.96. The number of hydrogen-bond acceptors (Lipinski definition) is 2. The van der Waals surface area contributed by atoms with Crippen LogP contribution in [0.2, 0.25) is 0 Å². The van der Waals surface area contributed by atoms with E-state index in [9.17, 15) is 0 Å². The molecular formula is C8H19NS. The lowest BCUT2D eigenvalue weighted by Crippen LogP contribution is -2.07. The highest BCUT2D eigenvalue weighted by Gasteiger charge is 2.07. The topological polar surface area (TPSA) is 3.24 Å². The van der Waals surface area contributed by atoms with Gasteiger partial charge >= 0.3 is 0 Å². The van der Waals surface area contributed by atoms with Gasteiger partial charge in [-0.2, -0.15) is 0 Å². The molecule has 10 heavy (non-hydrogen) atoms. The molecule has 0 unspecified atom stereocenters. The van der Waals surface area contributed by atoms with Crippen molar-refractivity contribution in [2.45, 2.75) is 33.1 Å². The predicted molar refractivity (Wildman–Crippen MR) is 50.3 cm³/mol. The summed E-state index contributed by atoms with van der Waals surface area (Å²) in [7, 11) is 0. The summed E-state index contributed by atoms with van der Waals surface area (Å²) in [5.41, 5.74) is 0. The highest BCUT2D eigenvalue weighted by atomic mass is 32.2. The van der Waals surface area contributed by atoms with Gasteiger partial charge in [-0.05, 0) is 19.1 Å². The van der Waals surface area contributed by atoms with Crippen LogP contribution in [0.15, 0.2) is 0 Å². The van der Waals surface area contributed by atoms with E-state index in [2.05, 4.69) is 24.4 Å². The van der Waals surface area contributed by atoms with Crippen LogP contribution < -0.4 is 0 Å². The molecule has 0 radical (unpaired) electrons. The zero-order valence-corrected chi connectivity index (χ0v) is 8.21. The average molecular weight is 161 g/mol. The molecule has 0 amide bonds. The molecule has 1 saturated heterocycles. The van der Waals surface area contributed by atoms with Gasteiger partial charge in [0.05, 0.1) is 0 Å². The van der Waals surface area contributed by atoms with Crippen LogP contribution in [0.1, 0.15) is 33.1 Å². The van der Waals surface area contributed by atoms with E-state index >= 15 is 0 Å². The fourth-order valence-corrected chi connectivity index (χ4v) is 1.49. The molecule has 1 nitrogen and oxygen atoms in total. The lowest BCUT2D eigenvalue weighted by atomic mass is 10.4. The molecule has 0 N–H and O–H groups in total. The maximum absolute atomic E-state index is 2.40. The van der Waals surface area contributed by atoms with E-state index in [1.165, 1.54) is 32.4 Å². The first-order chi connectivity index (χ1) is 4.85. The monoisotopic (exact) mass is 161 g/mol.